The van der Waals surface area contributed by atoms with Gasteiger partial charge in [0, 0.05) is 11.4 Å². The molecule has 0 fully saturated rings. The standard InChI is InChI=1S/C29H28BrN3O6/c1-4-37-24-12-8-22(9-13-24)33-29(35)20(17-31)14-19-15-25(30)28(26(16-19)38-5-2)39-18-27(34)32-21-6-10-23(36-3)11-7-21/h6-16H,4-5,18H2,1-3H3,(H,32,34)(H,33,35)/b20-14+. The van der Waals surface area contributed by atoms with Gasteiger partial charge in [-0.3, -0.25) is 9.59 Å². The van der Waals surface area contributed by atoms with E-state index in [1.807, 2.05) is 19.9 Å². The van der Waals surface area contributed by atoms with Gasteiger partial charge in [0.15, 0.2) is 18.1 Å². The summed E-state index contributed by atoms with van der Waals surface area (Å²) >= 11 is 3.45. The van der Waals surface area contributed by atoms with Crippen molar-refractivity contribution in [1.82, 2.24) is 0 Å². The Morgan fingerprint density at radius 1 is 0.897 bits per heavy atom. The number of nitrogens with zero attached hydrogens (tertiary/aromatic N) is 1. The first-order valence-corrected chi connectivity index (χ1v) is 12.8. The summed E-state index contributed by atoms with van der Waals surface area (Å²) in [6.45, 7) is 4.29. The largest absolute Gasteiger partial charge is 0.497 e. The van der Waals surface area contributed by atoms with Crippen LogP contribution in [0.25, 0.3) is 6.08 Å². The van der Waals surface area contributed by atoms with Gasteiger partial charge in [0.25, 0.3) is 11.8 Å². The highest BCUT2D eigenvalue weighted by atomic mass is 79.9. The van der Waals surface area contributed by atoms with Crippen molar-refractivity contribution < 1.29 is 28.5 Å². The molecule has 202 valence electrons. The van der Waals surface area contributed by atoms with Crippen LogP contribution in [0.15, 0.2) is 70.7 Å². The van der Waals surface area contributed by atoms with Crippen molar-refractivity contribution >= 4 is 45.2 Å². The maximum absolute atomic E-state index is 12.7. The monoisotopic (exact) mass is 593 g/mol. The maximum Gasteiger partial charge on any atom is 0.266 e. The fraction of sp³-hybridized carbons (Fsp3) is 0.207. The van der Waals surface area contributed by atoms with E-state index in [4.69, 9.17) is 18.9 Å². The Morgan fingerprint density at radius 3 is 2.10 bits per heavy atom. The zero-order chi connectivity index (χ0) is 28.2. The summed E-state index contributed by atoms with van der Waals surface area (Å²) in [7, 11) is 1.57. The molecular weight excluding hydrogens is 566 g/mol. The van der Waals surface area contributed by atoms with Crippen molar-refractivity contribution in [1.29, 1.82) is 5.26 Å². The number of hydrogen-bond acceptors (Lipinski definition) is 7. The molecule has 0 spiro atoms. The second kappa shape index (κ2) is 14.4. The zero-order valence-corrected chi connectivity index (χ0v) is 23.3. The van der Waals surface area contributed by atoms with Gasteiger partial charge < -0.3 is 29.6 Å². The number of hydrogen-bond donors (Lipinski definition) is 2. The summed E-state index contributed by atoms with van der Waals surface area (Å²) in [5.41, 5.74) is 1.54. The highest BCUT2D eigenvalue weighted by Crippen LogP contribution is 2.37. The third kappa shape index (κ3) is 8.51. The first-order chi connectivity index (χ1) is 18.9. The van der Waals surface area contributed by atoms with Gasteiger partial charge in [0.1, 0.15) is 23.1 Å². The fourth-order valence-electron chi connectivity index (χ4n) is 3.40. The Hall–Kier alpha value is -4.49. The van der Waals surface area contributed by atoms with E-state index >= 15 is 0 Å². The average molecular weight is 594 g/mol. The molecule has 0 heterocycles. The van der Waals surface area contributed by atoms with Gasteiger partial charge in [-0.2, -0.15) is 5.26 Å². The molecule has 0 saturated carbocycles. The first-order valence-electron chi connectivity index (χ1n) is 12.1. The molecule has 0 aromatic heterocycles. The lowest BCUT2D eigenvalue weighted by Gasteiger charge is -2.15. The van der Waals surface area contributed by atoms with Crippen molar-refractivity contribution in [2.45, 2.75) is 13.8 Å². The minimum atomic E-state index is -0.564. The molecule has 0 saturated heterocycles. The molecule has 10 heteroatoms. The molecule has 0 atom stereocenters. The summed E-state index contributed by atoms with van der Waals surface area (Å²) in [4.78, 5) is 25.2. The number of benzene rings is 3. The third-order valence-electron chi connectivity index (χ3n) is 5.15. The number of ether oxygens (including phenoxy) is 4. The summed E-state index contributed by atoms with van der Waals surface area (Å²) in [5, 5.41) is 15.1. The third-order valence-corrected chi connectivity index (χ3v) is 5.74. The van der Waals surface area contributed by atoms with Crippen LogP contribution in [-0.2, 0) is 9.59 Å². The molecule has 9 nitrogen and oxygen atoms in total. The van der Waals surface area contributed by atoms with E-state index in [1.54, 1.807) is 67.8 Å². The lowest BCUT2D eigenvalue weighted by atomic mass is 10.1. The predicted octanol–water partition coefficient (Wildman–Crippen LogP) is 5.82. The van der Waals surface area contributed by atoms with E-state index in [1.165, 1.54) is 6.08 Å². The minimum absolute atomic E-state index is 0.106. The summed E-state index contributed by atoms with van der Waals surface area (Å²) in [6, 6.07) is 19.0. The molecule has 0 radical (unpaired) electrons. The second-order valence-electron chi connectivity index (χ2n) is 7.91. The van der Waals surface area contributed by atoms with Crippen molar-refractivity contribution in [2.75, 3.05) is 37.6 Å². The Balaban J connectivity index is 1.72. The zero-order valence-electron chi connectivity index (χ0n) is 21.7. The van der Waals surface area contributed by atoms with Gasteiger partial charge in [-0.05, 0) is 102 Å². The van der Waals surface area contributed by atoms with Crippen molar-refractivity contribution in [3.05, 3.63) is 76.3 Å². The van der Waals surface area contributed by atoms with Crippen LogP contribution >= 0.6 is 15.9 Å². The van der Waals surface area contributed by atoms with Crippen LogP contribution in [-0.4, -0.2) is 38.7 Å². The van der Waals surface area contributed by atoms with E-state index in [0.29, 0.717) is 57.6 Å². The molecule has 0 aliphatic rings. The number of halogens is 1. The average Bonchev–Trinajstić information content (AvgIpc) is 2.93. The summed E-state index contributed by atoms with van der Waals surface area (Å²) in [5.74, 6) is 1.09. The van der Waals surface area contributed by atoms with Gasteiger partial charge >= 0.3 is 0 Å². The Kier molecular flexibility index (Phi) is 10.8. The minimum Gasteiger partial charge on any atom is -0.497 e. The molecule has 0 aliphatic heterocycles. The molecule has 39 heavy (non-hydrogen) atoms. The number of nitriles is 1. The fourth-order valence-corrected chi connectivity index (χ4v) is 3.97. The van der Waals surface area contributed by atoms with E-state index in [0.717, 1.165) is 0 Å². The molecule has 0 unspecified atom stereocenters. The number of anilines is 2. The normalized spacial score (nSPS) is 10.7. The van der Waals surface area contributed by atoms with Crippen LogP contribution in [0.2, 0.25) is 0 Å². The quantitative estimate of drug-likeness (QED) is 0.200. The number of rotatable bonds is 12. The first kappa shape index (κ1) is 29.1. The van der Waals surface area contributed by atoms with Gasteiger partial charge in [-0.25, -0.2) is 0 Å². The second-order valence-corrected chi connectivity index (χ2v) is 8.76. The SMILES string of the molecule is CCOc1ccc(NC(=O)/C(C#N)=C/c2cc(Br)c(OCC(=O)Nc3ccc(OC)cc3)c(OCC)c2)cc1. The van der Waals surface area contributed by atoms with E-state index in [9.17, 15) is 14.9 Å². The van der Waals surface area contributed by atoms with Gasteiger partial charge in [-0.15, -0.1) is 0 Å². The summed E-state index contributed by atoms with van der Waals surface area (Å²) < 4.78 is 22.5. The number of nitrogens with one attached hydrogen (secondary N) is 2. The van der Waals surface area contributed by atoms with E-state index in [-0.39, 0.29) is 18.1 Å². The molecule has 2 amide bonds. The molecule has 3 aromatic carbocycles. The van der Waals surface area contributed by atoms with Crippen LogP contribution in [0.3, 0.4) is 0 Å². The summed E-state index contributed by atoms with van der Waals surface area (Å²) in [6.07, 6.45) is 1.44. The Morgan fingerprint density at radius 2 is 1.51 bits per heavy atom. The highest BCUT2D eigenvalue weighted by molar-refractivity contribution is 9.10. The smallest absolute Gasteiger partial charge is 0.266 e. The van der Waals surface area contributed by atoms with E-state index in [2.05, 4.69) is 26.6 Å². The van der Waals surface area contributed by atoms with Crippen LogP contribution in [0.5, 0.6) is 23.0 Å². The van der Waals surface area contributed by atoms with Crippen LogP contribution in [0, 0.1) is 11.3 Å². The van der Waals surface area contributed by atoms with Crippen LogP contribution < -0.4 is 29.6 Å². The number of amides is 2. The topological polar surface area (TPSA) is 119 Å². The molecule has 2 N–H and O–H groups in total. The van der Waals surface area contributed by atoms with Crippen molar-refractivity contribution in [3.8, 4) is 29.1 Å². The van der Waals surface area contributed by atoms with Crippen molar-refractivity contribution in [3.63, 3.8) is 0 Å². The predicted molar refractivity (Wildman–Crippen MR) is 152 cm³/mol. The molecular formula is C29H28BrN3O6. The van der Waals surface area contributed by atoms with Gasteiger partial charge in [-0.1, -0.05) is 0 Å². The van der Waals surface area contributed by atoms with Crippen LogP contribution in [0.4, 0.5) is 11.4 Å². The van der Waals surface area contributed by atoms with Crippen LogP contribution in [0.1, 0.15) is 19.4 Å². The lowest BCUT2D eigenvalue weighted by molar-refractivity contribution is -0.118. The Bertz CT molecular complexity index is 1370. The lowest BCUT2D eigenvalue weighted by Crippen LogP contribution is -2.20. The molecule has 0 bridgehead atoms. The highest BCUT2D eigenvalue weighted by Gasteiger charge is 2.16. The number of carbonyl (C=O) groups excluding carboxylic acids is 2. The van der Waals surface area contributed by atoms with E-state index < -0.39 is 5.91 Å². The molecule has 3 rings (SSSR count). The molecule has 0 aliphatic carbocycles. The Labute approximate surface area is 235 Å². The van der Waals surface area contributed by atoms with Gasteiger partial charge in [0.2, 0.25) is 0 Å². The number of methoxy groups -OCH3 is 1. The maximum atomic E-state index is 12.7. The van der Waals surface area contributed by atoms with Gasteiger partial charge in [0.05, 0.1) is 24.8 Å². The number of carbonyl (C=O) groups is 2. The molecule has 3 aromatic rings. The van der Waals surface area contributed by atoms with Crippen molar-refractivity contribution in [2.24, 2.45) is 0 Å².